The number of pyridine rings is 1. The van der Waals surface area contributed by atoms with Crippen LogP contribution in [0.5, 0.6) is 11.6 Å². The van der Waals surface area contributed by atoms with E-state index in [-0.39, 0.29) is 11.6 Å². The molecule has 1 amide bonds. The number of carbonyl (C=O) groups is 1. The van der Waals surface area contributed by atoms with E-state index in [2.05, 4.69) is 9.72 Å². The molecule has 0 unspecified atom stereocenters. The summed E-state index contributed by atoms with van der Waals surface area (Å²) in [6.45, 7) is 0. The van der Waals surface area contributed by atoms with Gasteiger partial charge in [-0.05, 0) is 12.1 Å². The summed E-state index contributed by atoms with van der Waals surface area (Å²) in [5.41, 5.74) is 4.80. The molecule has 0 aliphatic rings. The summed E-state index contributed by atoms with van der Waals surface area (Å²) in [5, 5.41) is 0. The maximum atomic E-state index is 10.4. The van der Waals surface area contributed by atoms with Crippen LogP contribution in [0.15, 0.2) is 18.3 Å². The number of hydrogen-bond acceptors (Lipinski definition) is 4. The number of nitrogens with zero attached hydrogens (tertiary/aromatic N) is 1. The molecule has 0 saturated carbocycles. The Morgan fingerprint density at radius 3 is 3.00 bits per heavy atom. The Morgan fingerprint density at radius 2 is 2.42 bits per heavy atom. The van der Waals surface area contributed by atoms with Gasteiger partial charge in [0.2, 0.25) is 0 Å². The van der Waals surface area contributed by atoms with Crippen molar-refractivity contribution in [2.45, 2.75) is 0 Å². The molecule has 1 aromatic heterocycles. The van der Waals surface area contributed by atoms with Crippen molar-refractivity contribution < 1.29 is 14.3 Å². The van der Waals surface area contributed by atoms with Gasteiger partial charge in [-0.15, -0.1) is 0 Å². The lowest BCUT2D eigenvalue weighted by atomic mass is 10.4. The summed E-state index contributed by atoms with van der Waals surface area (Å²) in [5.74, 6) is 0.448. The van der Waals surface area contributed by atoms with Crippen LogP contribution >= 0.6 is 0 Å². The van der Waals surface area contributed by atoms with Gasteiger partial charge in [-0.1, -0.05) is 0 Å². The van der Waals surface area contributed by atoms with E-state index in [1.807, 2.05) is 0 Å². The summed E-state index contributed by atoms with van der Waals surface area (Å²) in [7, 11) is 1.43. The highest BCUT2D eigenvalue weighted by atomic mass is 16.6. The largest absolute Gasteiger partial charge is 0.478 e. The molecule has 1 rings (SSSR count). The molecule has 5 heteroatoms. The third kappa shape index (κ3) is 1.85. The molecule has 5 nitrogen and oxygen atoms in total. The Kier molecular flexibility index (Phi) is 2.47. The minimum absolute atomic E-state index is 0.215. The standard InChI is InChI=1S/C7H8N2O3/c1-11-6-5(12-7(8)10)3-2-4-9-6/h2-4H,1H3,(H2,8,10). The molecule has 0 atom stereocenters. The van der Waals surface area contributed by atoms with Gasteiger partial charge in [-0.3, -0.25) is 0 Å². The summed E-state index contributed by atoms with van der Waals surface area (Å²) >= 11 is 0. The minimum Gasteiger partial charge on any atom is -0.478 e. The fourth-order valence-electron chi connectivity index (χ4n) is 0.715. The smallest absolute Gasteiger partial charge is 0.410 e. The van der Waals surface area contributed by atoms with E-state index in [1.165, 1.54) is 19.4 Å². The number of amides is 1. The third-order valence-corrected chi connectivity index (χ3v) is 1.14. The zero-order chi connectivity index (χ0) is 8.97. The van der Waals surface area contributed by atoms with Crippen LogP contribution < -0.4 is 15.2 Å². The van der Waals surface area contributed by atoms with Crippen LogP contribution in [0.25, 0.3) is 0 Å². The van der Waals surface area contributed by atoms with Crippen LogP contribution in [-0.2, 0) is 0 Å². The Labute approximate surface area is 69.1 Å². The van der Waals surface area contributed by atoms with Gasteiger partial charge < -0.3 is 15.2 Å². The summed E-state index contributed by atoms with van der Waals surface area (Å²) in [4.78, 5) is 14.1. The van der Waals surface area contributed by atoms with Gasteiger partial charge in [0.1, 0.15) is 0 Å². The van der Waals surface area contributed by atoms with Crippen molar-refractivity contribution in [3.05, 3.63) is 18.3 Å². The second kappa shape index (κ2) is 3.56. The molecule has 1 aromatic rings. The maximum absolute atomic E-state index is 10.4. The van der Waals surface area contributed by atoms with Crippen molar-refractivity contribution in [2.24, 2.45) is 5.73 Å². The van der Waals surface area contributed by atoms with Gasteiger partial charge in [-0.2, -0.15) is 0 Å². The molecule has 0 aromatic carbocycles. The van der Waals surface area contributed by atoms with Crippen molar-refractivity contribution in [2.75, 3.05) is 7.11 Å². The van der Waals surface area contributed by atoms with Gasteiger partial charge in [0.25, 0.3) is 5.88 Å². The average molecular weight is 168 g/mol. The minimum atomic E-state index is -0.888. The molecule has 64 valence electrons. The molecule has 1 heterocycles. The van der Waals surface area contributed by atoms with E-state index < -0.39 is 6.09 Å². The third-order valence-electron chi connectivity index (χ3n) is 1.14. The lowest BCUT2D eigenvalue weighted by Crippen LogP contribution is -2.16. The van der Waals surface area contributed by atoms with E-state index >= 15 is 0 Å². The first-order valence-corrected chi connectivity index (χ1v) is 3.20. The van der Waals surface area contributed by atoms with Gasteiger partial charge in [0, 0.05) is 6.20 Å². The number of primary amides is 1. The van der Waals surface area contributed by atoms with Crippen molar-refractivity contribution in [3.8, 4) is 11.6 Å². The molecule has 0 radical (unpaired) electrons. The van der Waals surface area contributed by atoms with E-state index in [9.17, 15) is 4.79 Å². The molecule has 0 saturated heterocycles. The number of rotatable bonds is 2. The summed E-state index contributed by atoms with van der Waals surface area (Å²) < 4.78 is 9.39. The molecule has 0 bridgehead atoms. The Balaban J connectivity index is 2.89. The fraction of sp³-hybridized carbons (Fsp3) is 0.143. The van der Waals surface area contributed by atoms with Gasteiger partial charge >= 0.3 is 6.09 Å². The SMILES string of the molecule is COc1ncccc1OC(N)=O. The van der Waals surface area contributed by atoms with Crippen molar-refractivity contribution >= 4 is 6.09 Å². The maximum Gasteiger partial charge on any atom is 0.410 e. The summed E-state index contributed by atoms with van der Waals surface area (Å²) in [6.07, 6.45) is 0.633. The molecule has 0 fully saturated rings. The number of carbonyl (C=O) groups excluding carboxylic acids is 1. The second-order valence-corrected chi connectivity index (χ2v) is 1.93. The molecule has 0 aliphatic heterocycles. The van der Waals surface area contributed by atoms with Crippen LogP contribution in [0, 0.1) is 0 Å². The topological polar surface area (TPSA) is 74.4 Å². The molecular weight excluding hydrogens is 160 g/mol. The van der Waals surface area contributed by atoms with Crippen molar-refractivity contribution in [1.82, 2.24) is 4.98 Å². The fourth-order valence-corrected chi connectivity index (χ4v) is 0.715. The van der Waals surface area contributed by atoms with Gasteiger partial charge in [0.05, 0.1) is 7.11 Å². The monoisotopic (exact) mass is 168 g/mol. The first-order valence-electron chi connectivity index (χ1n) is 3.20. The number of hydrogen-bond donors (Lipinski definition) is 1. The van der Waals surface area contributed by atoms with E-state index in [0.717, 1.165) is 0 Å². The lowest BCUT2D eigenvalue weighted by Gasteiger charge is -2.04. The number of methoxy groups -OCH3 is 1. The zero-order valence-electron chi connectivity index (χ0n) is 6.48. The molecule has 0 aliphatic carbocycles. The normalized spacial score (nSPS) is 9.08. The molecule has 0 spiro atoms. The van der Waals surface area contributed by atoms with Crippen molar-refractivity contribution in [1.29, 1.82) is 0 Å². The van der Waals surface area contributed by atoms with Crippen LogP contribution in [0.1, 0.15) is 0 Å². The van der Waals surface area contributed by atoms with E-state index in [1.54, 1.807) is 6.07 Å². The highest BCUT2D eigenvalue weighted by molar-refractivity contribution is 5.68. The second-order valence-electron chi connectivity index (χ2n) is 1.93. The molecule has 2 N–H and O–H groups in total. The van der Waals surface area contributed by atoms with Crippen LogP contribution in [0.3, 0.4) is 0 Å². The van der Waals surface area contributed by atoms with Crippen molar-refractivity contribution in [3.63, 3.8) is 0 Å². The average Bonchev–Trinajstić information content (AvgIpc) is 2.04. The van der Waals surface area contributed by atoms with Gasteiger partial charge in [0.15, 0.2) is 5.75 Å². The Morgan fingerprint density at radius 1 is 1.67 bits per heavy atom. The number of ether oxygens (including phenoxy) is 2. The highest BCUT2D eigenvalue weighted by Gasteiger charge is 2.06. The number of nitrogens with two attached hydrogens (primary N) is 1. The highest BCUT2D eigenvalue weighted by Crippen LogP contribution is 2.22. The predicted molar refractivity (Wildman–Crippen MR) is 41.0 cm³/mol. The van der Waals surface area contributed by atoms with Crippen LogP contribution in [-0.4, -0.2) is 18.2 Å². The Hall–Kier alpha value is -1.78. The van der Waals surface area contributed by atoms with E-state index in [0.29, 0.717) is 0 Å². The Bertz CT molecular complexity index is 288. The predicted octanol–water partition coefficient (Wildman–Crippen LogP) is 0.548. The first-order chi connectivity index (χ1) is 5.74. The van der Waals surface area contributed by atoms with Gasteiger partial charge in [-0.25, -0.2) is 9.78 Å². The molecular formula is C7H8N2O3. The quantitative estimate of drug-likeness (QED) is 0.699. The lowest BCUT2D eigenvalue weighted by molar-refractivity contribution is 0.208. The zero-order valence-corrected chi connectivity index (χ0v) is 6.48. The number of aromatic nitrogens is 1. The van der Waals surface area contributed by atoms with Crippen LogP contribution in [0.2, 0.25) is 0 Å². The molecule has 12 heavy (non-hydrogen) atoms. The first kappa shape index (κ1) is 8.32. The van der Waals surface area contributed by atoms with E-state index in [4.69, 9.17) is 10.5 Å². The summed E-state index contributed by atoms with van der Waals surface area (Å²) in [6, 6.07) is 3.15. The van der Waals surface area contributed by atoms with Crippen LogP contribution in [0.4, 0.5) is 4.79 Å².